The van der Waals surface area contributed by atoms with E-state index in [1.54, 1.807) is 0 Å². The highest BCUT2D eigenvalue weighted by atomic mass is 35.5. The highest BCUT2D eigenvalue weighted by Crippen LogP contribution is 2.41. The summed E-state index contributed by atoms with van der Waals surface area (Å²) in [4.78, 5) is 23.2. The molecule has 20 heavy (non-hydrogen) atoms. The Morgan fingerprint density at radius 3 is 1.95 bits per heavy atom. The largest absolute Gasteiger partial charge is 0.478 e. The second kappa shape index (κ2) is 7.36. The number of esters is 1. The number of halogens is 4. The summed E-state index contributed by atoms with van der Waals surface area (Å²) in [6.07, 6.45) is 1.45. The summed E-state index contributed by atoms with van der Waals surface area (Å²) in [6, 6.07) is 0. The molecule has 0 amide bonds. The molecule has 4 nitrogen and oxygen atoms in total. The van der Waals surface area contributed by atoms with Gasteiger partial charge in [0, 0.05) is 0 Å². The Balaban J connectivity index is 3.37. The molecule has 0 aliphatic heterocycles. The number of unbranched alkanes of at least 4 members (excludes halogenated alkanes) is 1. The Labute approximate surface area is 135 Å². The molecule has 0 aromatic heterocycles. The maximum Gasteiger partial charge on any atom is 0.340 e. The van der Waals surface area contributed by atoms with Crippen LogP contribution in [0.4, 0.5) is 0 Å². The maximum absolute atomic E-state index is 12.0. The molecule has 0 aliphatic rings. The third-order valence-electron chi connectivity index (χ3n) is 2.42. The fourth-order valence-corrected chi connectivity index (χ4v) is 2.42. The highest BCUT2D eigenvalue weighted by Gasteiger charge is 2.29. The van der Waals surface area contributed by atoms with Crippen LogP contribution < -0.4 is 0 Å². The van der Waals surface area contributed by atoms with Crippen LogP contribution in [0.1, 0.15) is 40.5 Å². The monoisotopic (exact) mass is 358 g/mol. The molecule has 0 bridgehead atoms. The van der Waals surface area contributed by atoms with Crippen LogP contribution >= 0.6 is 46.4 Å². The van der Waals surface area contributed by atoms with E-state index < -0.39 is 23.1 Å². The summed E-state index contributed by atoms with van der Waals surface area (Å²) in [5, 5.41) is 8.10. The van der Waals surface area contributed by atoms with Gasteiger partial charge in [0.25, 0.3) is 0 Å². The number of hydrogen-bond acceptors (Lipinski definition) is 3. The summed E-state index contributed by atoms with van der Waals surface area (Å²) in [6.45, 7) is 2.06. The van der Waals surface area contributed by atoms with E-state index in [-0.39, 0.29) is 26.7 Å². The van der Waals surface area contributed by atoms with E-state index in [0.29, 0.717) is 6.42 Å². The van der Waals surface area contributed by atoms with Crippen molar-refractivity contribution in [1.29, 1.82) is 0 Å². The Kier molecular flexibility index (Phi) is 6.40. The van der Waals surface area contributed by atoms with Crippen LogP contribution in [0.5, 0.6) is 0 Å². The molecule has 0 aliphatic carbocycles. The molecule has 110 valence electrons. The third-order valence-corrected chi connectivity index (χ3v) is 4.22. The summed E-state index contributed by atoms with van der Waals surface area (Å²) in [5.41, 5.74) is -0.915. The van der Waals surface area contributed by atoms with Crippen LogP contribution in [0.15, 0.2) is 0 Å². The van der Waals surface area contributed by atoms with Gasteiger partial charge in [-0.3, -0.25) is 0 Å². The number of hydrogen-bond donors (Lipinski definition) is 1. The van der Waals surface area contributed by atoms with Crippen molar-refractivity contribution in [2.75, 3.05) is 6.61 Å². The van der Waals surface area contributed by atoms with Gasteiger partial charge in [-0.1, -0.05) is 59.7 Å². The Morgan fingerprint density at radius 1 is 1.00 bits per heavy atom. The average Bonchev–Trinajstić information content (AvgIpc) is 2.39. The lowest BCUT2D eigenvalue weighted by atomic mass is 10.1. The molecule has 0 atom stereocenters. The first-order valence-corrected chi connectivity index (χ1v) is 7.10. The Morgan fingerprint density at radius 2 is 1.50 bits per heavy atom. The second-order valence-electron chi connectivity index (χ2n) is 3.80. The van der Waals surface area contributed by atoms with Crippen molar-refractivity contribution in [3.05, 3.63) is 31.2 Å². The SMILES string of the molecule is CCCCOC(=O)c1c(Cl)c(Cl)c(Cl)c(Cl)c1C(=O)O. The third kappa shape index (κ3) is 3.50. The van der Waals surface area contributed by atoms with Gasteiger partial charge in [0.2, 0.25) is 0 Å². The maximum atomic E-state index is 12.0. The fourth-order valence-electron chi connectivity index (χ4n) is 1.41. The van der Waals surface area contributed by atoms with E-state index in [2.05, 4.69) is 0 Å². The molecule has 1 N–H and O–H groups in total. The molecular formula is C12H10Cl4O4. The number of rotatable bonds is 5. The second-order valence-corrected chi connectivity index (χ2v) is 5.31. The molecule has 1 aromatic rings. The summed E-state index contributed by atoms with van der Waals surface area (Å²) >= 11 is 23.3. The highest BCUT2D eigenvalue weighted by molar-refractivity contribution is 6.54. The lowest BCUT2D eigenvalue weighted by Gasteiger charge is -2.13. The van der Waals surface area contributed by atoms with Crippen molar-refractivity contribution in [2.45, 2.75) is 19.8 Å². The van der Waals surface area contributed by atoms with Crippen LogP contribution in [0, 0.1) is 0 Å². The standard InChI is InChI=1S/C12H10Cl4O4/c1-2-3-4-20-12(19)6-5(11(17)18)7(13)9(15)10(16)8(6)14/h2-4H2,1H3,(H,17,18). The summed E-state index contributed by atoms with van der Waals surface area (Å²) in [5.74, 6) is -2.35. The lowest BCUT2D eigenvalue weighted by Crippen LogP contribution is -2.14. The van der Waals surface area contributed by atoms with Gasteiger partial charge >= 0.3 is 11.9 Å². The smallest absolute Gasteiger partial charge is 0.340 e. The first-order chi connectivity index (χ1) is 9.32. The zero-order valence-electron chi connectivity index (χ0n) is 10.3. The zero-order chi connectivity index (χ0) is 15.4. The predicted octanol–water partition coefficient (Wildman–Crippen LogP) is 4.96. The van der Waals surface area contributed by atoms with Gasteiger partial charge in [-0.2, -0.15) is 0 Å². The van der Waals surface area contributed by atoms with Crippen LogP contribution in [-0.2, 0) is 4.74 Å². The molecule has 0 saturated carbocycles. The first-order valence-electron chi connectivity index (χ1n) is 5.59. The van der Waals surface area contributed by atoms with Crippen molar-refractivity contribution >= 4 is 58.3 Å². The van der Waals surface area contributed by atoms with Crippen molar-refractivity contribution in [2.24, 2.45) is 0 Å². The zero-order valence-corrected chi connectivity index (χ0v) is 13.3. The van der Waals surface area contributed by atoms with Gasteiger partial charge in [-0.25, -0.2) is 9.59 Å². The van der Waals surface area contributed by atoms with Gasteiger partial charge in [0.1, 0.15) is 0 Å². The van der Waals surface area contributed by atoms with Crippen molar-refractivity contribution in [3.8, 4) is 0 Å². The summed E-state index contributed by atoms with van der Waals surface area (Å²) in [7, 11) is 0. The van der Waals surface area contributed by atoms with Crippen molar-refractivity contribution in [1.82, 2.24) is 0 Å². The number of ether oxygens (including phenoxy) is 1. The van der Waals surface area contributed by atoms with Crippen molar-refractivity contribution in [3.63, 3.8) is 0 Å². The lowest BCUT2D eigenvalue weighted by molar-refractivity contribution is 0.0489. The molecule has 0 unspecified atom stereocenters. The molecule has 0 saturated heterocycles. The molecule has 0 heterocycles. The van der Waals surface area contributed by atoms with Crippen LogP contribution in [0.3, 0.4) is 0 Å². The van der Waals surface area contributed by atoms with Crippen LogP contribution in [0.2, 0.25) is 20.1 Å². The number of carboxylic acids is 1. The van der Waals surface area contributed by atoms with E-state index in [4.69, 9.17) is 56.2 Å². The topological polar surface area (TPSA) is 63.6 Å². The molecule has 1 aromatic carbocycles. The Hall–Kier alpha value is -0.680. The normalized spacial score (nSPS) is 10.4. The molecule has 0 fully saturated rings. The van der Waals surface area contributed by atoms with Crippen molar-refractivity contribution < 1.29 is 19.4 Å². The van der Waals surface area contributed by atoms with E-state index >= 15 is 0 Å². The molecule has 0 spiro atoms. The minimum Gasteiger partial charge on any atom is -0.478 e. The minimum absolute atomic E-state index is 0.141. The minimum atomic E-state index is -1.45. The Bertz CT molecular complexity index is 557. The first kappa shape index (κ1) is 17.4. The van der Waals surface area contributed by atoms with Gasteiger partial charge in [-0.05, 0) is 6.42 Å². The van der Waals surface area contributed by atoms with E-state index in [1.807, 2.05) is 6.92 Å². The molecular weight excluding hydrogens is 350 g/mol. The van der Waals surface area contributed by atoms with E-state index in [9.17, 15) is 9.59 Å². The number of carbonyl (C=O) groups excluding carboxylic acids is 1. The van der Waals surface area contributed by atoms with Gasteiger partial charge in [-0.15, -0.1) is 0 Å². The molecule has 0 radical (unpaired) electrons. The number of aromatic carboxylic acids is 1. The number of benzene rings is 1. The average molecular weight is 360 g/mol. The predicted molar refractivity (Wildman–Crippen MR) is 78.6 cm³/mol. The number of carboxylic acid groups (broad SMARTS) is 1. The number of carbonyl (C=O) groups is 2. The van der Waals surface area contributed by atoms with Gasteiger partial charge in [0.15, 0.2) is 0 Å². The van der Waals surface area contributed by atoms with E-state index in [1.165, 1.54) is 0 Å². The fraction of sp³-hybridized carbons (Fsp3) is 0.333. The summed E-state index contributed by atoms with van der Waals surface area (Å²) < 4.78 is 4.94. The van der Waals surface area contributed by atoms with E-state index in [0.717, 1.165) is 6.42 Å². The molecule has 8 heteroatoms. The van der Waals surface area contributed by atoms with Gasteiger partial charge < -0.3 is 9.84 Å². The van der Waals surface area contributed by atoms with Crippen LogP contribution in [0.25, 0.3) is 0 Å². The molecule has 1 rings (SSSR count). The quantitative estimate of drug-likeness (QED) is 0.349. The van der Waals surface area contributed by atoms with Crippen LogP contribution in [-0.4, -0.2) is 23.7 Å². The van der Waals surface area contributed by atoms with Gasteiger partial charge in [0.05, 0.1) is 37.8 Å².